The van der Waals surface area contributed by atoms with Crippen LogP contribution in [-0.2, 0) is 4.79 Å². The highest BCUT2D eigenvalue weighted by atomic mass is 16.2. The molecule has 2 atom stereocenters. The van der Waals surface area contributed by atoms with E-state index in [-0.39, 0.29) is 17.9 Å². The van der Waals surface area contributed by atoms with Crippen LogP contribution in [0.5, 0.6) is 0 Å². The van der Waals surface area contributed by atoms with Crippen molar-refractivity contribution in [3.8, 4) is 0 Å². The lowest BCUT2D eigenvalue weighted by atomic mass is 9.98. The smallest absolute Gasteiger partial charge is 0.237 e. The molecule has 15 heavy (non-hydrogen) atoms. The normalized spacial score (nSPS) is 15.1. The Morgan fingerprint density at radius 2 is 1.73 bits per heavy atom. The molecule has 0 aliphatic rings. The van der Waals surface area contributed by atoms with Crippen molar-refractivity contribution in [2.75, 3.05) is 6.54 Å². The summed E-state index contributed by atoms with van der Waals surface area (Å²) in [6, 6.07) is -0.357. The lowest BCUT2D eigenvalue weighted by molar-refractivity contribution is -0.123. The first-order valence-electron chi connectivity index (χ1n) is 6.09. The van der Waals surface area contributed by atoms with Gasteiger partial charge in [0.25, 0.3) is 0 Å². The third kappa shape index (κ3) is 5.17. The number of hydrogen-bond acceptors (Lipinski definition) is 2. The highest BCUT2D eigenvalue weighted by molar-refractivity contribution is 5.81. The molecule has 0 radical (unpaired) electrons. The molecule has 0 fully saturated rings. The molecule has 0 heterocycles. The topological polar surface area (TPSA) is 55.1 Å². The van der Waals surface area contributed by atoms with Crippen molar-refractivity contribution in [3.63, 3.8) is 0 Å². The molecule has 0 aromatic heterocycles. The largest absolute Gasteiger partial charge is 0.354 e. The summed E-state index contributed by atoms with van der Waals surface area (Å²) in [5.41, 5.74) is 5.83. The molecular formula is C12H26N2O. The first-order valence-corrected chi connectivity index (χ1v) is 6.09. The number of carbonyl (C=O) groups excluding carboxylic acids is 1. The van der Waals surface area contributed by atoms with Crippen LogP contribution in [0.25, 0.3) is 0 Å². The Labute approximate surface area is 93.8 Å². The second-order valence-electron chi connectivity index (χ2n) is 4.34. The van der Waals surface area contributed by atoms with Gasteiger partial charge in [-0.15, -0.1) is 0 Å². The molecule has 3 N–H and O–H groups in total. The van der Waals surface area contributed by atoms with E-state index in [0.717, 1.165) is 25.8 Å². The molecular weight excluding hydrogens is 188 g/mol. The molecule has 0 aromatic rings. The van der Waals surface area contributed by atoms with Gasteiger partial charge in [-0.25, -0.2) is 0 Å². The van der Waals surface area contributed by atoms with Crippen molar-refractivity contribution in [1.82, 2.24) is 5.32 Å². The predicted octanol–water partition coefficient (Wildman–Crippen LogP) is 1.91. The molecule has 0 aliphatic carbocycles. The summed E-state index contributed by atoms with van der Waals surface area (Å²) in [5, 5.41) is 2.94. The van der Waals surface area contributed by atoms with Gasteiger partial charge in [-0.3, -0.25) is 4.79 Å². The summed E-state index contributed by atoms with van der Waals surface area (Å²) in [4.78, 5) is 11.6. The first kappa shape index (κ1) is 14.4. The van der Waals surface area contributed by atoms with Crippen LogP contribution < -0.4 is 11.1 Å². The van der Waals surface area contributed by atoms with Gasteiger partial charge < -0.3 is 11.1 Å². The second-order valence-corrected chi connectivity index (χ2v) is 4.34. The zero-order chi connectivity index (χ0) is 11.8. The van der Waals surface area contributed by atoms with Crippen molar-refractivity contribution >= 4 is 5.91 Å². The minimum absolute atomic E-state index is 0.00347. The molecule has 3 heteroatoms. The molecule has 0 rings (SSSR count). The summed E-state index contributed by atoms with van der Waals surface area (Å²) in [6.07, 6.45) is 3.16. The molecule has 0 saturated carbocycles. The van der Waals surface area contributed by atoms with Crippen molar-refractivity contribution in [2.45, 2.75) is 53.0 Å². The van der Waals surface area contributed by atoms with Gasteiger partial charge in [0.1, 0.15) is 0 Å². The monoisotopic (exact) mass is 214 g/mol. The number of rotatable bonds is 7. The summed E-state index contributed by atoms with van der Waals surface area (Å²) >= 11 is 0. The molecule has 0 saturated heterocycles. The van der Waals surface area contributed by atoms with Crippen molar-refractivity contribution in [2.24, 2.45) is 17.6 Å². The quantitative estimate of drug-likeness (QED) is 0.680. The molecule has 0 bridgehead atoms. The van der Waals surface area contributed by atoms with Crippen LogP contribution in [-0.4, -0.2) is 18.5 Å². The summed E-state index contributed by atoms with van der Waals surface area (Å²) in [7, 11) is 0. The van der Waals surface area contributed by atoms with E-state index in [0.29, 0.717) is 5.92 Å². The lowest BCUT2D eigenvalue weighted by Gasteiger charge is -2.19. The van der Waals surface area contributed by atoms with Gasteiger partial charge in [0.05, 0.1) is 6.04 Å². The molecule has 0 aromatic carbocycles. The van der Waals surface area contributed by atoms with Gasteiger partial charge in [0, 0.05) is 6.54 Å². The van der Waals surface area contributed by atoms with Gasteiger partial charge in [0.2, 0.25) is 5.91 Å². The lowest BCUT2D eigenvalue weighted by Crippen LogP contribution is -2.45. The Morgan fingerprint density at radius 1 is 1.20 bits per heavy atom. The fourth-order valence-corrected chi connectivity index (χ4v) is 1.45. The van der Waals surface area contributed by atoms with Crippen LogP contribution in [0.4, 0.5) is 0 Å². The third-order valence-corrected chi connectivity index (χ3v) is 3.28. The van der Waals surface area contributed by atoms with Crippen LogP contribution in [0.15, 0.2) is 0 Å². The first-order chi connectivity index (χ1) is 7.06. The molecule has 90 valence electrons. The maximum Gasteiger partial charge on any atom is 0.237 e. The van der Waals surface area contributed by atoms with Crippen LogP contribution in [0.2, 0.25) is 0 Å². The molecule has 1 amide bonds. The van der Waals surface area contributed by atoms with E-state index in [2.05, 4.69) is 26.1 Å². The second kappa shape index (κ2) is 7.69. The van der Waals surface area contributed by atoms with E-state index in [1.54, 1.807) is 0 Å². The fourth-order valence-electron chi connectivity index (χ4n) is 1.45. The van der Waals surface area contributed by atoms with E-state index >= 15 is 0 Å². The van der Waals surface area contributed by atoms with E-state index in [1.807, 2.05) is 6.92 Å². The van der Waals surface area contributed by atoms with E-state index in [4.69, 9.17) is 5.73 Å². The van der Waals surface area contributed by atoms with E-state index < -0.39 is 0 Å². The Bertz CT molecular complexity index is 178. The Hall–Kier alpha value is -0.570. The van der Waals surface area contributed by atoms with Gasteiger partial charge >= 0.3 is 0 Å². The Morgan fingerprint density at radius 3 is 2.13 bits per heavy atom. The number of amides is 1. The highest BCUT2D eigenvalue weighted by Gasteiger charge is 2.19. The standard InChI is InChI=1S/C12H26N2O/c1-5-9(4)11(13)12(15)14-8-10(6-2)7-3/h9-11H,5-8,13H2,1-4H3,(H,14,15). The fraction of sp³-hybridized carbons (Fsp3) is 0.917. The summed E-state index contributed by atoms with van der Waals surface area (Å²) in [6.45, 7) is 9.12. The van der Waals surface area contributed by atoms with Gasteiger partial charge in [-0.2, -0.15) is 0 Å². The third-order valence-electron chi connectivity index (χ3n) is 3.28. The number of nitrogens with one attached hydrogen (secondary N) is 1. The van der Waals surface area contributed by atoms with E-state index in [9.17, 15) is 4.79 Å². The molecule has 3 nitrogen and oxygen atoms in total. The van der Waals surface area contributed by atoms with Crippen LogP contribution in [0.3, 0.4) is 0 Å². The van der Waals surface area contributed by atoms with Gasteiger partial charge in [0.15, 0.2) is 0 Å². The predicted molar refractivity (Wildman–Crippen MR) is 64.5 cm³/mol. The summed E-state index contributed by atoms with van der Waals surface area (Å²) < 4.78 is 0. The van der Waals surface area contributed by atoms with Gasteiger partial charge in [-0.1, -0.05) is 47.0 Å². The number of hydrogen-bond donors (Lipinski definition) is 2. The zero-order valence-electron chi connectivity index (χ0n) is 10.5. The molecule has 2 unspecified atom stereocenters. The average molecular weight is 214 g/mol. The van der Waals surface area contributed by atoms with Crippen LogP contribution in [0.1, 0.15) is 47.0 Å². The number of nitrogens with two attached hydrogens (primary N) is 1. The molecule has 0 spiro atoms. The Kier molecular flexibility index (Phi) is 7.39. The van der Waals surface area contributed by atoms with Crippen molar-refractivity contribution in [1.29, 1.82) is 0 Å². The maximum atomic E-state index is 11.6. The van der Waals surface area contributed by atoms with Gasteiger partial charge in [-0.05, 0) is 11.8 Å². The minimum Gasteiger partial charge on any atom is -0.354 e. The van der Waals surface area contributed by atoms with Crippen molar-refractivity contribution in [3.05, 3.63) is 0 Å². The van der Waals surface area contributed by atoms with Crippen LogP contribution in [0, 0.1) is 11.8 Å². The maximum absolute atomic E-state index is 11.6. The van der Waals surface area contributed by atoms with Crippen molar-refractivity contribution < 1.29 is 4.79 Å². The van der Waals surface area contributed by atoms with Crippen LogP contribution >= 0.6 is 0 Å². The Balaban J connectivity index is 3.92. The minimum atomic E-state index is -0.357. The summed E-state index contributed by atoms with van der Waals surface area (Å²) in [5.74, 6) is 0.834. The van der Waals surface area contributed by atoms with E-state index in [1.165, 1.54) is 0 Å². The number of carbonyl (C=O) groups is 1. The molecule has 0 aliphatic heterocycles. The highest BCUT2D eigenvalue weighted by Crippen LogP contribution is 2.07. The zero-order valence-corrected chi connectivity index (χ0v) is 10.5. The average Bonchev–Trinajstić information content (AvgIpc) is 2.27. The SMILES string of the molecule is CCC(CC)CNC(=O)C(N)C(C)CC.